The van der Waals surface area contributed by atoms with Gasteiger partial charge in [-0.25, -0.2) is 0 Å². The highest BCUT2D eigenvalue weighted by atomic mass is 127. The normalized spacial score (nSPS) is 11.4. The summed E-state index contributed by atoms with van der Waals surface area (Å²) in [4.78, 5) is 0. The van der Waals surface area contributed by atoms with Crippen molar-refractivity contribution in [3.05, 3.63) is 87.3 Å². The van der Waals surface area contributed by atoms with Gasteiger partial charge in [-0.3, -0.25) is 0 Å². The molecule has 0 aliphatic heterocycles. The number of rotatable bonds is 15. The van der Waals surface area contributed by atoms with Crippen LogP contribution >= 0.6 is 33.9 Å². The topological polar surface area (TPSA) is 82.7 Å². The number of benzene rings is 3. The van der Waals surface area contributed by atoms with E-state index in [1.807, 2.05) is 85.8 Å². The number of hydrogen-bond donors (Lipinski definition) is 2. The summed E-state index contributed by atoms with van der Waals surface area (Å²) in [5.74, 6) is 0.873. The molecular weight excluding hydrogens is 631 g/mol. The second-order valence-corrected chi connectivity index (χ2v) is 12.3. The van der Waals surface area contributed by atoms with Gasteiger partial charge in [0.05, 0.1) is 37.9 Å². The molecule has 0 saturated heterocycles. The van der Waals surface area contributed by atoms with Gasteiger partial charge in [-0.05, 0) is 120 Å². The van der Waals surface area contributed by atoms with Crippen LogP contribution in [-0.2, 0) is 0 Å². The number of thiophene rings is 1. The number of anilines is 2. The van der Waals surface area contributed by atoms with Crippen LogP contribution in [0.25, 0.3) is 0 Å². The number of unbranched alkanes of at least 4 members (excludes halogenated alkanes) is 5. The van der Waals surface area contributed by atoms with Crippen LogP contribution in [0.4, 0.5) is 33.4 Å². The summed E-state index contributed by atoms with van der Waals surface area (Å²) in [5, 5.41) is 18.3. The van der Waals surface area contributed by atoms with Crippen molar-refractivity contribution in [3.8, 4) is 5.75 Å². The number of aryl methyl sites for hydroxylation is 1. The molecule has 4 aromatic rings. The Morgan fingerprint density at radius 2 is 1.35 bits per heavy atom. The van der Waals surface area contributed by atoms with Crippen molar-refractivity contribution in [2.45, 2.75) is 52.4 Å². The zero-order valence-electron chi connectivity index (χ0n) is 22.9. The van der Waals surface area contributed by atoms with E-state index in [1.54, 1.807) is 11.3 Å². The minimum absolute atomic E-state index is 0.759. The molecule has 9 heteroatoms. The number of ether oxygens (including phenoxy) is 1. The van der Waals surface area contributed by atoms with Crippen LogP contribution in [0.15, 0.2) is 99.3 Å². The Hall–Kier alpha value is -3.31. The van der Waals surface area contributed by atoms with Gasteiger partial charge in [0, 0.05) is 0 Å². The van der Waals surface area contributed by atoms with E-state index in [0.29, 0.717) is 0 Å². The van der Waals surface area contributed by atoms with Crippen LogP contribution in [0.1, 0.15) is 51.0 Å². The molecule has 0 aliphatic rings. The highest BCUT2D eigenvalue weighted by Gasteiger charge is 2.02. The zero-order chi connectivity index (χ0) is 28.0. The highest BCUT2D eigenvalue weighted by molar-refractivity contribution is 14.1. The Labute approximate surface area is 254 Å². The first-order chi connectivity index (χ1) is 19.6. The monoisotopic (exact) mass is 666 g/mol. The average molecular weight is 667 g/mol. The van der Waals surface area contributed by atoms with Gasteiger partial charge >= 0.3 is 0 Å². The van der Waals surface area contributed by atoms with E-state index < -0.39 is 0 Å². The number of hydrogen-bond acceptors (Lipinski definition) is 8. The van der Waals surface area contributed by atoms with Crippen LogP contribution in [0.3, 0.4) is 0 Å². The van der Waals surface area contributed by atoms with E-state index in [4.69, 9.17) is 4.74 Å². The molecule has 0 atom stereocenters. The van der Waals surface area contributed by atoms with E-state index in [9.17, 15) is 0 Å². The molecule has 40 heavy (non-hydrogen) atoms. The quantitative estimate of drug-likeness (QED) is 0.0573. The fourth-order valence-electron chi connectivity index (χ4n) is 3.86. The lowest BCUT2D eigenvalue weighted by atomic mass is 10.1. The fourth-order valence-corrected chi connectivity index (χ4v) is 5.27. The number of hydrazine groups is 1. The van der Waals surface area contributed by atoms with Crippen LogP contribution in [0.5, 0.6) is 5.75 Å². The minimum atomic E-state index is 0.759. The van der Waals surface area contributed by atoms with E-state index >= 15 is 0 Å². The Balaban J connectivity index is 1.21. The number of nitrogens with one attached hydrogen (secondary N) is 2. The predicted molar refractivity (Wildman–Crippen MR) is 176 cm³/mol. The Kier molecular flexibility index (Phi) is 11.9. The Morgan fingerprint density at radius 3 is 2.02 bits per heavy atom. The summed E-state index contributed by atoms with van der Waals surface area (Å²) < 4.78 is 7.04. The number of halogens is 1. The molecule has 0 saturated carbocycles. The fraction of sp³-hybridized carbons (Fsp3) is 0.290. The maximum absolute atomic E-state index is 5.85. The second kappa shape index (κ2) is 16.1. The molecule has 7 nitrogen and oxygen atoms in total. The molecule has 0 radical (unpaired) electrons. The standard InChI is InChI=1S/C31H35IN6OS/c1-3-4-5-6-7-8-21-39-28-16-13-26(14-17-28)34-33-24-9-11-25(12-10-24)35-37-29-18-15-27(22-23(29)2)36-38-31-20-19-30(32)40-31/h9-20,22,35,37H,3-8,21H2,1-2H3/b34-33+,38-36+. The van der Waals surface area contributed by atoms with Gasteiger partial charge < -0.3 is 15.6 Å². The van der Waals surface area contributed by atoms with Gasteiger partial charge in [-0.1, -0.05) is 39.0 Å². The third-order valence-corrected chi connectivity index (χ3v) is 7.90. The molecule has 0 fully saturated rings. The lowest BCUT2D eigenvalue weighted by Crippen LogP contribution is -2.09. The maximum Gasteiger partial charge on any atom is 0.139 e. The molecule has 2 N–H and O–H groups in total. The molecule has 0 spiro atoms. The SMILES string of the molecule is CCCCCCCCOc1ccc(/N=N/c2ccc(NNc3ccc(/N=N/c4ccc(I)s4)cc3C)cc2)cc1. The molecule has 1 heterocycles. The van der Waals surface area contributed by atoms with Crippen LogP contribution in [0.2, 0.25) is 0 Å². The van der Waals surface area contributed by atoms with Crippen molar-refractivity contribution < 1.29 is 4.74 Å². The van der Waals surface area contributed by atoms with Crippen molar-refractivity contribution in [1.29, 1.82) is 0 Å². The first-order valence-corrected chi connectivity index (χ1v) is 15.5. The van der Waals surface area contributed by atoms with Gasteiger partial charge in [-0.15, -0.1) is 21.6 Å². The lowest BCUT2D eigenvalue weighted by Gasteiger charge is -2.12. The highest BCUT2D eigenvalue weighted by Crippen LogP contribution is 2.29. The van der Waals surface area contributed by atoms with E-state index in [2.05, 4.69) is 60.8 Å². The van der Waals surface area contributed by atoms with Crippen LogP contribution in [0, 0.1) is 9.81 Å². The average Bonchev–Trinajstić information content (AvgIpc) is 3.40. The van der Waals surface area contributed by atoms with Gasteiger partial charge in [0.2, 0.25) is 0 Å². The third kappa shape index (κ3) is 10.0. The Morgan fingerprint density at radius 1 is 0.700 bits per heavy atom. The lowest BCUT2D eigenvalue weighted by molar-refractivity contribution is 0.304. The summed E-state index contributed by atoms with van der Waals surface area (Å²) in [7, 11) is 0. The van der Waals surface area contributed by atoms with E-state index in [-0.39, 0.29) is 0 Å². The van der Waals surface area contributed by atoms with E-state index in [0.717, 1.165) is 57.8 Å². The molecule has 0 aliphatic carbocycles. The zero-order valence-corrected chi connectivity index (χ0v) is 25.9. The van der Waals surface area contributed by atoms with Gasteiger partial charge in [0.15, 0.2) is 0 Å². The minimum Gasteiger partial charge on any atom is -0.494 e. The summed E-state index contributed by atoms with van der Waals surface area (Å²) in [6.45, 7) is 5.04. The summed E-state index contributed by atoms with van der Waals surface area (Å²) >= 11 is 3.90. The smallest absolute Gasteiger partial charge is 0.139 e. The molecule has 0 unspecified atom stereocenters. The van der Waals surface area contributed by atoms with Crippen molar-refractivity contribution in [1.82, 2.24) is 0 Å². The van der Waals surface area contributed by atoms with Gasteiger partial charge in [0.25, 0.3) is 0 Å². The van der Waals surface area contributed by atoms with Crippen molar-refractivity contribution in [3.63, 3.8) is 0 Å². The number of nitrogens with zero attached hydrogens (tertiary/aromatic N) is 4. The molecule has 3 aromatic carbocycles. The molecular formula is C31H35IN6OS. The Bertz CT molecular complexity index is 1390. The van der Waals surface area contributed by atoms with Crippen LogP contribution in [-0.4, -0.2) is 6.61 Å². The summed E-state index contributed by atoms with van der Waals surface area (Å²) in [5.41, 5.74) is 11.8. The first-order valence-electron chi connectivity index (χ1n) is 13.6. The van der Waals surface area contributed by atoms with Crippen molar-refractivity contribution in [2.75, 3.05) is 17.5 Å². The molecule has 0 bridgehead atoms. The first kappa shape index (κ1) is 29.7. The van der Waals surface area contributed by atoms with Gasteiger partial charge in [0.1, 0.15) is 10.8 Å². The second-order valence-electron chi connectivity index (χ2n) is 9.38. The summed E-state index contributed by atoms with van der Waals surface area (Å²) in [6, 6.07) is 25.5. The largest absolute Gasteiger partial charge is 0.494 e. The van der Waals surface area contributed by atoms with Crippen molar-refractivity contribution in [2.24, 2.45) is 20.5 Å². The van der Waals surface area contributed by atoms with Crippen LogP contribution < -0.4 is 15.6 Å². The summed E-state index contributed by atoms with van der Waals surface area (Å²) in [6.07, 6.45) is 7.55. The predicted octanol–water partition coefficient (Wildman–Crippen LogP) is 11.7. The van der Waals surface area contributed by atoms with Crippen molar-refractivity contribution >= 4 is 67.4 Å². The number of azo groups is 2. The van der Waals surface area contributed by atoms with E-state index in [1.165, 1.54) is 35.0 Å². The molecule has 1 aromatic heterocycles. The molecule has 208 valence electrons. The third-order valence-electron chi connectivity index (χ3n) is 6.13. The molecule has 0 amide bonds. The maximum atomic E-state index is 5.85. The van der Waals surface area contributed by atoms with Gasteiger partial charge in [-0.2, -0.15) is 10.2 Å². The molecule has 4 rings (SSSR count).